The number of hydrogen-bond acceptors (Lipinski definition) is 16. The van der Waals surface area contributed by atoms with E-state index in [1.165, 1.54) is 25.7 Å². The number of carboxylic acids is 2. The number of aromatic nitrogens is 2. The Bertz CT molecular complexity index is 5380. The number of para-hydroxylation sites is 2. The second kappa shape index (κ2) is 44.3. The van der Waals surface area contributed by atoms with Gasteiger partial charge in [0.1, 0.15) is 34.5 Å². The molecule has 3 aliphatic heterocycles. The van der Waals surface area contributed by atoms with Crippen molar-refractivity contribution in [2.45, 2.75) is 206 Å². The molecule has 9 fully saturated rings. The molecule has 3 spiro atoms. The van der Waals surface area contributed by atoms with Crippen molar-refractivity contribution >= 4 is 109 Å². The SMILES string of the molecule is CN[C@@H]1CCCC[C@H]1NC.O=C(Nc1cccc2cccnc12)c1ccc(I)cc1.O=C(Nc1cccc2cccnc12)c1ccc(N2C(=O)OC3(CCCC3)C2c2ccccc2)cc1.O=C(O)C(c1ccccc1)C1(O)CCCC1.O=C(O)Cc1ccccc1.O=C1CCCC1.O=C1NC(c2ccccc2)C2(CCC2)O1.O=C1NC(c2ccccc2)C2(CCC2)O1. The van der Waals surface area contributed by atoms with E-state index >= 15 is 0 Å². The molecule has 6 saturated carbocycles. The lowest BCUT2D eigenvalue weighted by atomic mass is 9.73. The van der Waals surface area contributed by atoms with Crippen LogP contribution in [0.25, 0.3) is 21.8 Å². The summed E-state index contributed by atoms with van der Waals surface area (Å²) in [5, 5.41) is 48.4. The van der Waals surface area contributed by atoms with Crippen LogP contribution in [0.4, 0.5) is 31.4 Å². The Balaban J connectivity index is 0.000000131. The van der Waals surface area contributed by atoms with Gasteiger partial charge in [0, 0.05) is 68.5 Å². The normalized spacial score (nSPS) is 20.2. The fraction of sp³-hybridized carbons (Fsp3) is 0.340. The lowest BCUT2D eigenvalue weighted by molar-refractivity contribution is -0.146. The van der Waals surface area contributed by atoms with Gasteiger partial charge in [-0.2, -0.15) is 0 Å². The number of Topliss-reactive ketones (excluding diaryl/α,β-unsaturated/α-hetero) is 1. The quantitative estimate of drug-likeness (QED) is 0.0340. The number of hydrogen-bond donors (Lipinski definition) is 9. The molecule has 127 heavy (non-hydrogen) atoms. The van der Waals surface area contributed by atoms with Crippen molar-refractivity contribution in [1.29, 1.82) is 0 Å². The van der Waals surface area contributed by atoms with Gasteiger partial charge >= 0.3 is 30.2 Å². The number of aliphatic carboxylic acids is 2. The molecule has 4 unspecified atom stereocenters. The Hall–Kier alpha value is -12.2. The summed E-state index contributed by atoms with van der Waals surface area (Å²) in [5.41, 5.74) is 7.60. The summed E-state index contributed by atoms with van der Waals surface area (Å²) in [7, 11) is 4.11. The van der Waals surface area contributed by atoms with Crippen molar-refractivity contribution < 1.29 is 67.9 Å². The van der Waals surface area contributed by atoms with Crippen molar-refractivity contribution in [3.63, 3.8) is 0 Å². The van der Waals surface area contributed by atoms with Gasteiger partial charge in [0.15, 0.2) is 0 Å². The van der Waals surface area contributed by atoms with Crippen LogP contribution in [0.15, 0.2) is 273 Å². The minimum Gasteiger partial charge on any atom is -0.481 e. The standard InChI is InChI=1S/C29H25N3O3.C16H11IN2O.C13H16O3.2C12H13NO2.C8H18N2.C8H8O2.C5H8O/c33-27(31-24-12-6-10-20-11-7-19-30-25(20)24)22-13-15-23(16-14-22)32-26(21-8-2-1-3-9-21)29(35-28(32)34)17-4-5-18-29;17-13-8-6-12(7-9-13)16(20)19-14-5-1-3-11-4-2-10-18-15(11)14;14-12(15)11(10-6-2-1-3-7-10)13(16)8-4-5-9-13;2*14-11-13-10(9-5-2-1-3-6-9)12(15-11)7-4-8-12;1-9-7-5-3-4-6-8(7)10-2;9-8(10)6-7-4-2-1-3-5-7;6-5-3-1-2-4-5/h1-3,6-16,19,26H,4-5,17-18H2,(H,31,33);1-10H,(H,19,20);1-3,6-7,11,16H,4-5,8-9H2,(H,14,15);2*1-3,5-6,10H,4,7-8H2,(H,13,14);7-10H,3-6H2,1-2H3;1-5H,6H2,(H,9,10);1-4H2/t;;;;;7-,8-;;/m.....1../s1. The van der Waals surface area contributed by atoms with E-state index in [0.29, 0.717) is 53.1 Å². The third kappa shape index (κ3) is 23.7. The summed E-state index contributed by atoms with van der Waals surface area (Å²) in [6, 6.07) is 83.3. The number of fused-ring (bicyclic) bond motifs is 2. The number of anilines is 3. The molecule has 0 radical (unpaired) electrons. The lowest BCUT2D eigenvalue weighted by Crippen LogP contribution is -2.47. The van der Waals surface area contributed by atoms with Gasteiger partial charge in [-0.3, -0.25) is 38.8 Å². The van der Waals surface area contributed by atoms with Gasteiger partial charge in [0.2, 0.25) is 0 Å². The highest BCUT2D eigenvalue weighted by atomic mass is 127. The number of pyridine rings is 2. The number of benzene rings is 9. The van der Waals surface area contributed by atoms with Crippen LogP contribution in [0.3, 0.4) is 0 Å². The number of rotatable bonds is 15. The van der Waals surface area contributed by atoms with Crippen LogP contribution in [0.2, 0.25) is 0 Å². The highest BCUT2D eigenvalue weighted by Gasteiger charge is 2.57. The molecule has 2 aromatic heterocycles. The summed E-state index contributed by atoms with van der Waals surface area (Å²) < 4.78 is 17.9. The first kappa shape index (κ1) is 92.4. The van der Waals surface area contributed by atoms with Crippen molar-refractivity contribution in [2.24, 2.45) is 0 Å². The molecular weight excluding hydrogens is 1710 g/mol. The number of halogens is 1. The molecule has 11 aromatic rings. The van der Waals surface area contributed by atoms with Gasteiger partial charge in [-0.05, 0) is 240 Å². The average molecular weight is 1830 g/mol. The molecule has 6 aliphatic carbocycles. The smallest absolute Gasteiger partial charge is 0.415 e. The van der Waals surface area contributed by atoms with E-state index in [4.69, 9.17) is 19.3 Å². The molecule has 5 amide bonds. The summed E-state index contributed by atoms with van der Waals surface area (Å²) in [6.07, 6.45) is 25.1. The number of aliphatic hydroxyl groups is 1. The maximum Gasteiger partial charge on any atom is 0.415 e. The molecule has 3 saturated heterocycles. The predicted octanol–water partition coefficient (Wildman–Crippen LogP) is 20.7. The van der Waals surface area contributed by atoms with Gasteiger partial charge < -0.3 is 61.4 Å². The average Bonchev–Trinajstić information content (AvgIpc) is 1.59. The maximum absolute atomic E-state index is 13.1. The van der Waals surface area contributed by atoms with E-state index < -0.39 is 29.1 Å². The number of amides is 5. The second-order valence-electron chi connectivity index (χ2n) is 33.5. The fourth-order valence-electron chi connectivity index (χ4n) is 18.4. The monoisotopic (exact) mass is 1830 g/mol. The summed E-state index contributed by atoms with van der Waals surface area (Å²) in [4.78, 5) is 103. The summed E-state index contributed by atoms with van der Waals surface area (Å²) in [5.74, 6) is -2.42. The third-order valence-electron chi connectivity index (χ3n) is 25.2. The topological polar surface area (TPSA) is 326 Å². The van der Waals surface area contributed by atoms with Gasteiger partial charge in [-0.15, -0.1) is 0 Å². The molecular formula is C103H112IN9O14. The Kier molecular flexibility index (Phi) is 32.2. The number of alkyl carbamates (subject to hydrolysis) is 2. The van der Waals surface area contributed by atoms with Crippen LogP contribution >= 0.6 is 22.6 Å². The zero-order valence-electron chi connectivity index (χ0n) is 71.8. The van der Waals surface area contributed by atoms with E-state index in [0.717, 1.165) is 162 Å². The Morgan fingerprint density at radius 3 is 1.28 bits per heavy atom. The highest BCUT2D eigenvalue weighted by molar-refractivity contribution is 14.1. The maximum atomic E-state index is 13.1. The van der Waals surface area contributed by atoms with Crippen molar-refractivity contribution in [2.75, 3.05) is 29.6 Å². The van der Waals surface area contributed by atoms with Crippen molar-refractivity contribution in [1.82, 2.24) is 31.2 Å². The highest BCUT2D eigenvalue weighted by Crippen LogP contribution is 2.53. The number of nitrogens with one attached hydrogen (secondary N) is 6. The predicted molar refractivity (Wildman–Crippen MR) is 501 cm³/mol. The minimum absolute atomic E-state index is 0.0416. The van der Waals surface area contributed by atoms with Crippen LogP contribution < -0.4 is 36.8 Å². The largest absolute Gasteiger partial charge is 0.481 e. The number of ether oxygens (including phenoxy) is 3. The Labute approximate surface area is 755 Å². The summed E-state index contributed by atoms with van der Waals surface area (Å²) >= 11 is 2.21. The third-order valence-corrected chi connectivity index (χ3v) is 25.9. The fourth-order valence-corrected chi connectivity index (χ4v) is 18.8. The number of nitrogens with zero attached hydrogens (tertiary/aromatic N) is 3. The van der Waals surface area contributed by atoms with E-state index in [2.05, 4.69) is 90.7 Å². The minimum atomic E-state index is -1.06. The number of carboxylic acid groups (broad SMARTS) is 2. The molecule has 9 aromatic carbocycles. The van der Waals surface area contributed by atoms with E-state index in [1.807, 2.05) is 212 Å². The number of carbonyl (C=O) groups is 8. The molecule has 6 atom stereocenters. The first-order valence-corrected chi connectivity index (χ1v) is 45.2. The van der Waals surface area contributed by atoms with Gasteiger partial charge in [0.05, 0.1) is 46.5 Å². The second-order valence-corrected chi connectivity index (χ2v) is 34.8. The first-order chi connectivity index (χ1) is 61.7. The molecule has 20 rings (SSSR count). The molecule has 9 N–H and O–H groups in total. The van der Waals surface area contributed by atoms with Crippen LogP contribution in [0.1, 0.15) is 214 Å². The van der Waals surface area contributed by atoms with Crippen molar-refractivity contribution in [3.05, 3.63) is 316 Å². The number of carbonyl (C=O) groups excluding carboxylic acids is 6. The summed E-state index contributed by atoms with van der Waals surface area (Å²) in [6.45, 7) is 0. The lowest BCUT2D eigenvalue weighted by Gasteiger charge is -2.40. The van der Waals surface area contributed by atoms with E-state index in [-0.39, 0.29) is 65.8 Å². The van der Waals surface area contributed by atoms with Crippen LogP contribution in [0, 0.1) is 3.57 Å². The van der Waals surface area contributed by atoms with Gasteiger partial charge in [-0.25, -0.2) is 14.4 Å². The molecule has 0 bridgehead atoms. The molecule has 24 heteroatoms. The number of likely N-dealkylation sites (N-methyl/N-ethyl adjacent to an activating group) is 2. The van der Waals surface area contributed by atoms with E-state index in [9.17, 15) is 48.6 Å². The van der Waals surface area contributed by atoms with Gasteiger partial charge in [-0.1, -0.05) is 214 Å². The van der Waals surface area contributed by atoms with Crippen molar-refractivity contribution in [3.8, 4) is 0 Å². The molecule has 9 aliphatic rings. The molecule has 660 valence electrons. The van der Waals surface area contributed by atoms with E-state index in [1.54, 1.807) is 53.7 Å². The molecule has 5 heterocycles. The van der Waals surface area contributed by atoms with Crippen LogP contribution in [0.5, 0.6) is 0 Å². The Morgan fingerprint density at radius 2 is 0.866 bits per heavy atom. The Morgan fingerprint density at radius 1 is 0.457 bits per heavy atom. The molecule has 23 nitrogen and oxygen atoms in total. The van der Waals surface area contributed by atoms with Crippen LogP contribution in [-0.2, 0) is 35.0 Å². The first-order valence-electron chi connectivity index (χ1n) is 44.1. The zero-order chi connectivity index (χ0) is 89.2. The number of ketones is 1. The van der Waals surface area contributed by atoms with Gasteiger partial charge in [0.25, 0.3) is 11.8 Å². The van der Waals surface area contributed by atoms with Crippen LogP contribution in [-0.4, -0.2) is 122 Å². The zero-order valence-corrected chi connectivity index (χ0v) is 73.9.